The van der Waals surface area contributed by atoms with Gasteiger partial charge in [-0.25, -0.2) is 4.39 Å². The summed E-state index contributed by atoms with van der Waals surface area (Å²) >= 11 is 0. The summed E-state index contributed by atoms with van der Waals surface area (Å²) in [5.74, 6) is -0.357. The SMILES string of the molecule is Cc1ccc(C(C#N)Nc2ccccc2F)cc1. The molecule has 0 aliphatic carbocycles. The van der Waals surface area contributed by atoms with E-state index < -0.39 is 6.04 Å². The van der Waals surface area contributed by atoms with Crippen LogP contribution in [0.4, 0.5) is 10.1 Å². The van der Waals surface area contributed by atoms with Crippen LogP contribution in [-0.4, -0.2) is 0 Å². The fourth-order valence-electron chi connectivity index (χ4n) is 1.68. The molecule has 1 atom stereocenters. The molecule has 2 nitrogen and oxygen atoms in total. The van der Waals surface area contributed by atoms with Crippen molar-refractivity contribution in [2.75, 3.05) is 5.32 Å². The number of anilines is 1. The van der Waals surface area contributed by atoms with Crippen LogP contribution in [0, 0.1) is 24.1 Å². The minimum atomic E-state index is -0.553. The maximum absolute atomic E-state index is 13.5. The third-order valence-corrected chi connectivity index (χ3v) is 2.71. The smallest absolute Gasteiger partial charge is 0.146 e. The molecule has 0 aromatic heterocycles. The number of nitrogens with one attached hydrogen (secondary N) is 1. The molecule has 2 aromatic rings. The molecular formula is C15H13FN2. The molecule has 1 unspecified atom stereocenters. The Kier molecular flexibility index (Phi) is 3.59. The Labute approximate surface area is 106 Å². The maximum Gasteiger partial charge on any atom is 0.146 e. The fourth-order valence-corrected chi connectivity index (χ4v) is 1.68. The van der Waals surface area contributed by atoms with Crippen LogP contribution in [0.5, 0.6) is 0 Å². The summed E-state index contributed by atoms with van der Waals surface area (Å²) in [5, 5.41) is 12.1. The zero-order valence-electron chi connectivity index (χ0n) is 10.0. The van der Waals surface area contributed by atoms with Gasteiger partial charge in [-0.1, -0.05) is 42.0 Å². The lowest BCUT2D eigenvalue weighted by Gasteiger charge is -2.14. The van der Waals surface area contributed by atoms with E-state index in [4.69, 9.17) is 5.26 Å². The quantitative estimate of drug-likeness (QED) is 0.885. The number of para-hydroxylation sites is 1. The molecule has 1 N–H and O–H groups in total. The van der Waals surface area contributed by atoms with E-state index in [0.717, 1.165) is 11.1 Å². The van der Waals surface area contributed by atoms with Crippen LogP contribution in [0.2, 0.25) is 0 Å². The predicted molar refractivity (Wildman–Crippen MR) is 69.6 cm³/mol. The molecule has 0 spiro atoms. The van der Waals surface area contributed by atoms with E-state index in [0.29, 0.717) is 5.69 Å². The van der Waals surface area contributed by atoms with Gasteiger partial charge in [0.15, 0.2) is 0 Å². The lowest BCUT2D eigenvalue weighted by Crippen LogP contribution is -2.09. The van der Waals surface area contributed by atoms with Crippen LogP contribution >= 0.6 is 0 Å². The number of nitriles is 1. The number of halogens is 1. The standard InChI is InChI=1S/C15H13FN2/c1-11-6-8-12(9-7-11)15(10-17)18-14-5-3-2-4-13(14)16/h2-9,15,18H,1H3. The van der Waals surface area contributed by atoms with Crippen molar-refractivity contribution < 1.29 is 4.39 Å². The van der Waals surface area contributed by atoms with Gasteiger partial charge < -0.3 is 5.32 Å². The molecular weight excluding hydrogens is 227 g/mol. The van der Waals surface area contributed by atoms with Crippen molar-refractivity contribution in [2.45, 2.75) is 13.0 Å². The molecule has 2 aromatic carbocycles. The largest absolute Gasteiger partial charge is 0.364 e. The van der Waals surface area contributed by atoms with Crippen LogP contribution in [0.1, 0.15) is 17.2 Å². The molecule has 90 valence electrons. The van der Waals surface area contributed by atoms with E-state index in [2.05, 4.69) is 11.4 Å². The number of hydrogen-bond acceptors (Lipinski definition) is 2. The molecule has 0 fully saturated rings. The van der Waals surface area contributed by atoms with E-state index >= 15 is 0 Å². The minimum Gasteiger partial charge on any atom is -0.364 e. The first-order valence-electron chi connectivity index (χ1n) is 5.68. The van der Waals surface area contributed by atoms with Crippen molar-refractivity contribution in [3.8, 4) is 6.07 Å². The van der Waals surface area contributed by atoms with Gasteiger partial charge in [0.05, 0.1) is 11.8 Å². The Hall–Kier alpha value is -2.34. The molecule has 0 saturated heterocycles. The average molecular weight is 240 g/mol. The monoisotopic (exact) mass is 240 g/mol. The molecule has 18 heavy (non-hydrogen) atoms. The van der Waals surface area contributed by atoms with Crippen molar-refractivity contribution in [1.29, 1.82) is 5.26 Å². The Morgan fingerprint density at radius 1 is 1.11 bits per heavy atom. The van der Waals surface area contributed by atoms with E-state index in [1.165, 1.54) is 6.07 Å². The van der Waals surface area contributed by atoms with Crippen molar-refractivity contribution in [1.82, 2.24) is 0 Å². The average Bonchev–Trinajstić information content (AvgIpc) is 2.39. The van der Waals surface area contributed by atoms with Gasteiger partial charge in [0.2, 0.25) is 0 Å². The van der Waals surface area contributed by atoms with Crippen LogP contribution in [0.15, 0.2) is 48.5 Å². The van der Waals surface area contributed by atoms with Gasteiger partial charge >= 0.3 is 0 Å². The van der Waals surface area contributed by atoms with Gasteiger partial charge in [0.25, 0.3) is 0 Å². The van der Waals surface area contributed by atoms with Gasteiger partial charge in [-0.15, -0.1) is 0 Å². The maximum atomic E-state index is 13.5. The number of hydrogen-bond donors (Lipinski definition) is 1. The van der Waals surface area contributed by atoms with E-state index in [1.54, 1.807) is 18.2 Å². The Bertz CT molecular complexity index is 570. The Morgan fingerprint density at radius 3 is 2.39 bits per heavy atom. The molecule has 0 amide bonds. The second-order valence-electron chi connectivity index (χ2n) is 4.10. The van der Waals surface area contributed by atoms with Gasteiger partial charge in [-0.2, -0.15) is 5.26 Å². The highest BCUT2D eigenvalue weighted by Crippen LogP contribution is 2.21. The third kappa shape index (κ3) is 2.67. The van der Waals surface area contributed by atoms with Crippen LogP contribution in [-0.2, 0) is 0 Å². The summed E-state index contributed by atoms with van der Waals surface area (Å²) in [7, 11) is 0. The zero-order valence-corrected chi connectivity index (χ0v) is 10.0. The third-order valence-electron chi connectivity index (χ3n) is 2.71. The molecule has 0 saturated carbocycles. The van der Waals surface area contributed by atoms with Gasteiger partial charge in [-0.3, -0.25) is 0 Å². The Balaban J connectivity index is 2.23. The summed E-state index contributed by atoms with van der Waals surface area (Å²) in [6, 6.07) is 15.5. The number of benzene rings is 2. The van der Waals surface area contributed by atoms with Gasteiger partial charge in [-0.05, 0) is 24.6 Å². The summed E-state index contributed by atoms with van der Waals surface area (Å²) < 4.78 is 13.5. The van der Waals surface area contributed by atoms with Crippen molar-refractivity contribution in [3.05, 3.63) is 65.5 Å². The normalized spacial score (nSPS) is 11.6. The van der Waals surface area contributed by atoms with Gasteiger partial charge in [0.1, 0.15) is 11.9 Å². The lowest BCUT2D eigenvalue weighted by molar-refractivity contribution is 0.629. The van der Waals surface area contributed by atoms with Crippen molar-refractivity contribution in [3.63, 3.8) is 0 Å². The van der Waals surface area contributed by atoms with Crippen molar-refractivity contribution in [2.24, 2.45) is 0 Å². The first-order valence-corrected chi connectivity index (χ1v) is 5.68. The molecule has 3 heteroatoms. The molecule has 0 radical (unpaired) electrons. The molecule has 0 heterocycles. The number of aryl methyl sites for hydroxylation is 1. The lowest BCUT2D eigenvalue weighted by atomic mass is 10.1. The highest BCUT2D eigenvalue weighted by molar-refractivity contribution is 5.48. The summed E-state index contributed by atoms with van der Waals surface area (Å²) in [6.07, 6.45) is 0. The highest BCUT2D eigenvalue weighted by Gasteiger charge is 2.11. The zero-order chi connectivity index (χ0) is 13.0. The minimum absolute atomic E-state index is 0.338. The number of nitrogens with zero attached hydrogens (tertiary/aromatic N) is 1. The molecule has 0 aliphatic rings. The summed E-state index contributed by atoms with van der Waals surface area (Å²) in [4.78, 5) is 0. The second kappa shape index (κ2) is 5.33. The van der Waals surface area contributed by atoms with E-state index in [9.17, 15) is 4.39 Å². The van der Waals surface area contributed by atoms with E-state index in [-0.39, 0.29) is 5.82 Å². The second-order valence-corrected chi connectivity index (χ2v) is 4.10. The molecule has 2 rings (SSSR count). The van der Waals surface area contributed by atoms with Crippen LogP contribution in [0.3, 0.4) is 0 Å². The summed E-state index contributed by atoms with van der Waals surface area (Å²) in [6.45, 7) is 1.98. The molecule has 0 bridgehead atoms. The van der Waals surface area contributed by atoms with Crippen LogP contribution < -0.4 is 5.32 Å². The Morgan fingerprint density at radius 2 is 1.78 bits per heavy atom. The summed E-state index contributed by atoms with van der Waals surface area (Å²) in [5.41, 5.74) is 2.29. The molecule has 0 aliphatic heterocycles. The number of rotatable bonds is 3. The van der Waals surface area contributed by atoms with Crippen molar-refractivity contribution >= 4 is 5.69 Å². The first kappa shape index (κ1) is 12.1. The fraction of sp³-hybridized carbons (Fsp3) is 0.133. The predicted octanol–water partition coefficient (Wildman–Crippen LogP) is 3.81. The topological polar surface area (TPSA) is 35.8 Å². The first-order chi connectivity index (χ1) is 8.70. The van der Waals surface area contributed by atoms with E-state index in [1.807, 2.05) is 31.2 Å². The van der Waals surface area contributed by atoms with Crippen LogP contribution in [0.25, 0.3) is 0 Å². The highest BCUT2D eigenvalue weighted by atomic mass is 19.1. The van der Waals surface area contributed by atoms with Gasteiger partial charge in [0, 0.05) is 0 Å².